The number of hydrogen-bond acceptors (Lipinski definition) is 6. The standard InChI is InChI=1S/C24H38BNO6/c1-22(2,3)30-21(27)26(14-16-10-11-16)15-18-19(28-8)12-17(13-20(18)29-9)25-31-23(4,5)24(6,7)32-25/h12-13,16H,10-11,14-15H2,1-9H3. The van der Waals surface area contributed by atoms with Gasteiger partial charge in [-0.2, -0.15) is 0 Å². The molecule has 1 heterocycles. The maximum Gasteiger partial charge on any atom is 0.495 e. The first-order valence-corrected chi connectivity index (χ1v) is 11.3. The van der Waals surface area contributed by atoms with Crippen LogP contribution in [0.25, 0.3) is 0 Å². The van der Waals surface area contributed by atoms with Crippen LogP contribution in [0.4, 0.5) is 4.79 Å². The van der Waals surface area contributed by atoms with E-state index >= 15 is 0 Å². The fourth-order valence-electron chi connectivity index (χ4n) is 3.61. The Morgan fingerprint density at radius 1 is 1.06 bits per heavy atom. The van der Waals surface area contributed by atoms with E-state index in [2.05, 4.69) is 0 Å². The first kappa shape index (κ1) is 24.7. The summed E-state index contributed by atoms with van der Waals surface area (Å²) in [5.41, 5.74) is 0.144. The molecule has 1 aliphatic heterocycles. The third-order valence-electron chi connectivity index (χ3n) is 6.33. The number of methoxy groups -OCH3 is 2. The molecule has 2 fully saturated rings. The van der Waals surface area contributed by atoms with Crippen LogP contribution in [-0.4, -0.2) is 55.7 Å². The van der Waals surface area contributed by atoms with Crippen molar-refractivity contribution in [3.8, 4) is 11.5 Å². The van der Waals surface area contributed by atoms with Crippen LogP contribution < -0.4 is 14.9 Å². The maximum absolute atomic E-state index is 12.9. The molecule has 0 bridgehead atoms. The summed E-state index contributed by atoms with van der Waals surface area (Å²) in [6.45, 7) is 14.7. The minimum Gasteiger partial charge on any atom is -0.496 e. The zero-order valence-corrected chi connectivity index (χ0v) is 21.0. The molecule has 0 N–H and O–H groups in total. The summed E-state index contributed by atoms with van der Waals surface area (Å²) in [6, 6.07) is 3.81. The summed E-state index contributed by atoms with van der Waals surface area (Å²) in [7, 11) is 2.70. The Morgan fingerprint density at radius 2 is 1.56 bits per heavy atom. The molecule has 1 aromatic carbocycles. The van der Waals surface area contributed by atoms with E-state index in [-0.39, 0.29) is 6.09 Å². The van der Waals surface area contributed by atoms with E-state index in [9.17, 15) is 4.79 Å². The second-order valence-electron chi connectivity index (χ2n) is 10.8. The molecule has 2 aliphatic rings. The Kier molecular flexibility index (Phi) is 6.78. The predicted octanol–water partition coefficient (Wildman–Crippen LogP) is 4.15. The van der Waals surface area contributed by atoms with Crippen LogP contribution in [0.15, 0.2) is 12.1 Å². The van der Waals surface area contributed by atoms with E-state index in [4.69, 9.17) is 23.5 Å². The van der Waals surface area contributed by atoms with E-state index in [0.717, 1.165) is 23.9 Å². The number of benzene rings is 1. The van der Waals surface area contributed by atoms with Gasteiger partial charge in [0.15, 0.2) is 0 Å². The van der Waals surface area contributed by atoms with Crippen LogP contribution in [0.1, 0.15) is 66.9 Å². The van der Waals surface area contributed by atoms with Gasteiger partial charge < -0.3 is 28.4 Å². The molecule has 1 aliphatic carbocycles. The van der Waals surface area contributed by atoms with Crippen molar-refractivity contribution in [1.82, 2.24) is 4.90 Å². The van der Waals surface area contributed by atoms with E-state index in [1.165, 1.54) is 0 Å². The van der Waals surface area contributed by atoms with Gasteiger partial charge in [-0.1, -0.05) is 0 Å². The maximum atomic E-state index is 12.9. The van der Waals surface area contributed by atoms with Crippen LogP contribution in [-0.2, 0) is 20.6 Å². The van der Waals surface area contributed by atoms with Crippen molar-refractivity contribution in [3.63, 3.8) is 0 Å². The number of rotatable bonds is 7. The lowest BCUT2D eigenvalue weighted by atomic mass is 9.78. The van der Waals surface area contributed by atoms with Gasteiger partial charge in [-0.3, -0.25) is 0 Å². The molecule has 0 radical (unpaired) electrons. The Hall–Kier alpha value is -1.93. The van der Waals surface area contributed by atoms with E-state index in [0.29, 0.717) is 30.5 Å². The van der Waals surface area contributed by atoms with Gasteiger partial charge in [0.25, 0.3) is 0 Å². The molecule has 0 unspecified atom stereocenters. The van der Waals surface area contributed by atoms with Gasteiger partial charge in [-0.05, 0) is 84.8 Å². The van der Waals surface area contributed by atoms with Gasteiger partial charge in [0.05, 0.1) is 37.5 Å². The van der Waals surface area contributed by atoms with Gasteiger partial charge in [-0.15, -0.1) is 0 Å². The quantitative estimate of drug-likeness (QED) is 0.585. The summed E-state index contributed by atoms with van der Waals surface area (Å²) in [6.07, 6.45) is 1.94. The van der Waals surface area contributed by atoms with Gasteiger partial charge >= 0.3 is 13.2 Å². The SMILES string of the molecule is COc1cc(B2OC(C)(C)C(C)(C)O2)cc(OC)c1CN(CC1CC1)C(=O)OC(C)(C)C. The van der Waals surface area contributed by atoms with E-state index in [1.807, 2.05) is 60.6 Å². The molecule has 7 nitrogen and oxygen atoms in total. The molecule has 3 rings (SSSR count). The molecule has 1 aromatic rings. The van der Waals surface area contributed by atoms with Crippen molar-refractivity contribution in [2.45, 2.75) is 84.7 Å². The van der Waals surface area contributed by atoms with Crippen LogP contribution >= 0.6 is 0 Å². The summed E-state index contributed by atoms with van der Waals surface area (Å²) >= 11 is 0. The Bertz CT molecular complexity index is 802. The van der Waals surface area contributed by atoms with Gasteiger partial charge in [0.2, 0.25) is 0 Å². The molecule has 0 aromatic heterocycles. The number of nitrogens with zero attached hydrogens (tertiary/aromatic N) is 1. The minimum atomic E-state index is -0.562. The molecule has 32 heavy (non-hydrogen) atoms. The van der Waals surface area contributed by atoms with Crippen molar-refractivity contribution < 1.29 is 28.3 Å². The largest absolute Gasteiger partial charge is 0.496 e. The fourth-order valence-corrected chi connectivity index (χ4v) is 3.61. The molecule has 0 atom stereocenters. The molecule has 1 saturated heterocycles. The highest BCUT2D eigenvalue weighted by Gasteiger charge is 2.52. The number of carbonyl (C=O) groups excluding carboxylic acids is 1. The second-order valence-corrected chi connectivity index (χ2v) is 10.8. The number of carbonyl (C=O) groups is 1. The molecule has 1 amide bonds. The lowest BCUT2D eigenvalue weighted by Crippen LogP contribution is -2.41. The topological polar surface area (TPSA) is 66.5 Å². The predicted molar refractivity (Wildman–Crippen MR) is 125 cm³/mol. The third kappa shape index (κ3) is 5.52. The molecule has 0 spiro atoms. The van der Waals surface area contributed by atoms with Crippen LogP contribution in [0.5, 0.6) is 11.5 Å². The highest BCUT2D eigenvalue weighted by Crippen LogP contribution is 2.38. The first-order chi connectivity index (χ1) is 14.8. The van der Waals surface area contributed by atoms with Gasteiger partial charge in [-0.25, -0.2) is 4.79 Å². The lowest BCUT2D eigenvalue weighted by molar-refractivity contribution is 0.00578. The van der Waals surface area contributed by atoms with Crippen molar-refractivity contribution >= 4 is 18.7 Å². The number of amides is 1. The molecule has 8 heteroatoms. The van der Waals surface area contributed by atoms with Crippen LogP contribution in [0.3, 0.4) is 0 Å². The third-order valence-corrected chi connectivity index (χ3v) is 6.33. The van der Waals surface area contributed by atoms with Crippen LogP contribution in [0, 0.1) is 5.92 Å². The molecule has 178 valence electrons. The summed E-state index contributed by atoms with van der Waals surface area (Å²) in [5.74, 6) is 1.76. The highest BCUT2D eigenvalue weighted by atomic mass is 16.7. The minimum absolute atomic E-state index is 0.330. The normalized spacial score (nSPS) is 19.6. The second kappa shape index (κ2) is 8.78. The van der Waals surface area contributed by atoms with Crippen molar-refractivity contribution in [2.75, 3.05) is 20.8 Å². The van der Waals surface area contributed by atoms with Crippen molar-refractivity contribution in [1.29, 1.82) is 0 Å². The number of ether oxygens (including phenoxy) is 3. The zero-order valence-electron chi connectivity index (χ0n) is 21.0. The monoisotopic (exact) mass is 447 g/mol. The summed E-state index contributed by atoms with van der Waals surface area (Å²) < 4.78 is 29.5. The number of hydrogen-bond donors (Lipinski definition) is 0. The first-order valence-electron chi connectivity index (χ1n) is 11.3. The fraction of sp³-hybridized carbons (Fsp3) is 0.708. The molecule has 1 saturated carbocycles. The Labute approximate surface area is 192 Å². The van der Waals surface area contributed by atoms with Gasteiger partial charge in [0, 0.05) is 6.54 Å². The van der Waals surface area contributed by atoms with Crippen molar-refractivity contribution in [2.24, 2.45) is 5.92 Å². The van der Waals surface area contributed by atoms with Gasteiger partial charge in [0.1, 0.15) is 17.1 Å². The lowest BCUT2D eigenvalue weighted by Gasteiger charge is -2.32. The summed E-state index contributed by atoms with van der Waals surface area (Å²) in [5, 5.41) is 0. The van der Waals surface area contributed by atoms with E-state index < -0.39 is 23.9 Å². The van der Waals surface area contributed by atoms with Crippen molar-refractivity contribution in [3.05, 3.63) is 17.7 Å². The average molecular weight is 447 g/mol. The Balaban J connectivity index is 1.91. The average Bonchev–Trinajstić information content (AvgIpc) is 3.45. The highest BCUT2D eigenvalue weighted by molar-refractivity contribution is 6.62. The van der Waals surface area contributed by atoms with Crippen LogP contribution in [0.2, 0.25) is 0 Å². The Morgan fingerprint density at radius 3 is 1.97 bits per heavy atom. The van der Waals surface area contributed by atoms with E-state index in [1.54, 1.807) is 19.1 Å². The zero-order chi connectivity index (χ0) is 23.9. The molecular weight excluding hydrogens is 409 g/mol. The molecular formula is C24H38BNO6. The smallest absolute Gasteiger partial charge is 0.495 e. The summed E-state index contributed by atoms with van der Waals surface area (Å²) in [4.78, 5) is 14.7.